The molecule has 0 fully saturated rings. The molecule has 1 amide bonds. The summed E-state index contributed by atoms with van der Waals surface area (Å²) in [5, 5.41) is 0. The molecule has 0 aromatic heterocycles. The lowest BCUT2D eigenvalue weighted by Gasteiger charge is -2.01. The monoisotopic (exact) mass is 191 g/mol. The van der Waals surface area contributed by atoms with Gasteiger partial charge >= 0.3 is 0 Å². The summed E-state index contributed by atoms with van der Waals surface area (Å²) in [4.78, 5) is 15.8. The van der Waals surface area contributed by atoms with E-state index in [4.69, 9.17) is 0 Å². The van der Waals surface area contributed by atoms with E-state index < -0.39 is 0 Å². The fourth-order valence-electron chi connectivity index (χ4n) is 1.04. The minimum atomic E-state index is -0.226. The second kappa shape index (κ2) is 5.19. The maximum absolute atomic E-state index is 11.2. The third kappa shape index (κ3) is 3.03. The third-order valence-electron chi connectivity index (χ3n) is 1.74. The van der Waals surface area contributed by atoms with Crippen molar-refractivity contribution in [2.24, 2.45) is 0 Å². The molecule has 0 radical (unpaired) electrons. The van der Waals surface area contributed by atoms with Gasteiger partial charge < -0.3 is 0 Å². The number of carbonyl (C=O) groups is 1. The lowest BCUT2D eigenvalue weighted by molar-refractivity contribution is -0.127. The molecule has 3 nitrogen and oxygen atoms in total. The summed E-state index contributed by atoms with van der Waals surface area (Å²) in [5.74, 6) is -0.226. The highest BCUT2D eigenvalue weighted by molar-refractivity contribution is 5.96. The lowest BCUT2D eigenvalue weighted by atomic mass is 10.1. The van der Waals surface area contributed by atoms with Gasteiger partial charge in [0, 0.05) is 5.57 Å². The van der Waals surface area contributed by atoms with Crippen LogP contribution in [0, 0.1) is 0 Å². The van der Waals surface area contributed by atoms with Crippen molar-refractivity contribution in [3.05, 3.63) is 41.5 Å². The molecule has 1 N–H and O–H groups in total. The van der Waals surface area contributed by atoms with E-state index in [1.54, 1.807) is 13.0 Å². The molecule has 0 spiro atoms. The molecule has 0 aliphatic rings. The van der Waals surface area contributed by atoms with Crippen LogP contribution in [0.25, 0.3) is 6.08 Å². The first-order chi connectivity index (χ1) is 6.74. The molecule has 0 saturated heterocycles. The van der Waals surface area contributed by atoms with Crippen LogP contribution >= 0.6 is 0 Å². The number of hydroxylamine groups is 1. The number of carbonyl (C=O) groups excluding carboxylic acids is 1. The van der Waals surface area contributed by atoms with Crippen LogP contribution in [0.15, 0.2) is 35.9 Å². The molecule has 0 unspecified atom stereocenters. The SMILES string of the molecule is CONC(=O)C(C)=Cc1ccccc1. The standard InChI is InChI=1S/C11H13NO2/c1-9(11(13)12-14-2)8-10-6-4-3-5-7-10/h3-8H,1-2H3,(H,12,13). The smallest absolute Gasteiger partial charge is 0.270 e. The summed E-state index contributed by atoms with van der Waals surface area (Å²) in [5.41, 5.74) is 3.86. The van der Waals surface area contributed by atoms with Crippen molar-refractivity contribution < 1.29 is 9.63 Å². The van der Waals surface area contributed by atoms with Crippen LogP contribution in [-0.4, -0.2) is 13.0 Å². The van der Waals surface area contributed by atoms with Crippen molar-refractivity contribution in [1.82, 2.24) is 5.48 Å². The third-order valence-corrected chi connectivity index (χ3v) is 1.74. The summed E-state index contributed by atoms with van der Waals surface area (Å²) in [7, 11) is 1.41. The van der Waals surface area contributed by atoms with Crippen LogP contribution in [0.3, 0.4) is 0 Å². The molecule has 0 aliphatic heterocycles. The van der Waals surface area contributed by atoms with Gasteiger partial charge in [0.1, 0.15) is 0 Å². The topological polar surface area (TPSA) is 38.3 Å². The Morgan fingerprint density at radius 3 is 2.57 bits per heavy atom. The first-order valence-electron chi connectivity index (χ1n) is 4.30. The Labute approximate surface area is 83.3 Å². The van der Waals surface area contributed by atoms with Gasteiger partial charge in [-0.1, -0.05) is 30.3 Å². The molecule has 1 aromatic rings. The molecule has 0 saturated carbocycles. The molecule has 0 atom stereocenters. The predicted octanol–water partition coefficient (Wildman–Crippen LogP) is 1.77. The summed E-state index contributed by atoms with van der Waals surface area (Å²) >= 11 is 0. The quantitative estimate of drug-likeness (QED) is 0.584. The first kappa shape index (κ1) is 10.5. The summed E-state index contributed by atoms with van der Waals surface area (Å²) in [6.45, 7) is 1.74. The minimum absolute atomic E-state index is 0.226. The van der Waals surface area contributed by atoms with Gasteiger partial charge in [-0.25, -0.2) is 5.48 Å². The van der Waals surface area contributed by atoms with Crippen LogP contribution < -0.4 is 5.48 Å². The Kier molecular flexibility index (Phi) is 3.88. The molecule has 1 aromatic carbocycles. The highest BCUT2D eigenvalue weighted by Gasteiger charge is 2.01. The van der Waals surface area contributed by atoms with Crippen LogP contribution in [0.1, 0.15) is 12.5 Å². The van der Waals surface area contributed by atoms with Crippen LogP contribution in [-0.2, 0) is 9.63 Å². The van der Waals surface area contributed by atoms with E-state index in [1.807, 2.05) is 30.3 Å². The molecule has 74 valence electrons. The molecule has 14 heavy (non-hydrogen) atoms. The van der Waals surface area contributed by atoms with Gasteiger partial charge in [-0.05, 0) is 18.6 Å². The average Bonchev–Trinajstić information content (AvgIpc) is 2.19. The predicted molar refractivity (Wildman–Crippen MR) is 55.2 cm³/mol. The van der Waals surface area contributed by atoms with Gasteiger partial charge in [0.2, 0.25) is 0 Å². The number of nitrogens with one attached hydrogen (secondary N) is 1. The van der Waals surface area contributed by atoms with E-state index in [1.165, 1.54) is 7.11 Å². The number of hydrogen-bond donors (Lipinski definition) is 1. The second-order valence-corrected chi connectivity index (χ2v) is 2.87. The zero-order chi connectivity index (χ0) is 10.4. The van der Waals surface area contributed by atoms with Gasteiger partial charge in [0.05, 0.1) is 7.11 Å². The highest BCUT2D eigenvalue weighted by atomic mass is 16.6. The van der Waals surface area contributed by atoms with Crippen molar-refractivity contribution in [3.8, 4) is 0 Å². The molecule has 3 heteroatoms. The van der Waals surface area contributed by atoms with Gasteiger partial charge in [0.25, 0.3) is 5.91 Å². The molecule has 0 aliphatic carbocycles. The van der Waals surface area contributed by atoms with Crippen molar-refractivity contribution in [1.29, 1.82) is 0 Å². The van der Waals surface area contributed by atoms with Crippen molar-refractivity contribution in [3.63, 3.8) is 0 Å². The van der Waals surface area contributed by atoms with E-state index in [9.17, 15) is 4.79 Å². The molecule has 0 heterocycles. The van der Waals surface area contributed by atoms with E-state index in [0.29, 0.717) is 5.57 Å². The number of hydrogen-bond acceptors (Lipinski definition) is 2. The Morgan fingerprint density at radius 1 is 1.36 bits per heavy atom. The van der Waals surface area contributed by atoms with Crippen molar-refractivity contribution in [2.45, 2.75) is 6.92 Å². The summed E-state index contributed by atoms with van der Waals surface area (Å²) in [6.07, 6.45) is 1.80. The lowest BCUT2D eigenvalue weighted by Crippen LogP contribution is -2.22. The average molecular weight is 191 g/mol. The van der Waals surface area contributed by atoms with Gasteiger partial charge in [-0.15, -0.1) is 0 Å². The van der Waals surface area contributed by atoms with Crippen molar-refractivity contribution >= 4 is 12.0 Å². The Hall–Kier alpha value is -1.61. The maximum atomic E-state index is 11.2. The number of amides is 1. The maximum Gasteiger partial charge on any atom is 0.270 e. The van der Waals surface area contributed by atoms with Crippen LogP contribution in [0.2, 0.25) is 0 Å². The summed E-state index contributed by atoms with van der Waals surface area (Å²) in [6, 6.07) is 9.65. The minimum Gasteiger partial charge on any atom is -0.277 e. The zero-order valence-corrected chi connectivity index (χ0v) is 8.28. The van der Waals surface area contributed by atoms with E-state index >= 15 is 0 Å². The Balaban J connectivity index is 2.74. The molecule has 0 bridgehead atoms. The number of rotatable bonds is 3. The number of benzene rings is 1. The van der Waals surface area contributed by atoms with E-state index in [-0.39, 0.29) is 5.91 Å². The largest absolute Gasteiger partial charge is 0.277 e. The molecular formula is C11H13NO2. The van der Waals surface area contributed by atoms with Crippen LogP contribution in [0.5, 0.6) is 0 Å². The summed E-state index contributed by atoms with van der Waals surface area (Å²) < 4.78 is 0. The normalized spacial score (nSPS) is 11.1. The van der Waals surface area contributed by atoms with Crippen LogP contribution in [0.4, 0.5) is 0 Å². The highest BCUT2D eigenvalue weighted by Crippen LogP contribution is 2.05. The second-order valence-electron chi connectivity index (χ2n) is 2.87. The Morgan fingerprint density at radius 2 is 2.00 bits per heavy atom. The van der Waals surface area contributed by atoms with E-state index in [2.05, 4.69) is 10.3 Å². The zero-order valence-electron chi connectivity index (χ0n) is 8.28. The fourth-order valence-corrected chi connectivity index (χ4v) is 1.04. The van der Waals surface area contributed by atoms with Gasteiger partial charge in [-0.3, -0.25) is 9.63 Å². The van der Waals surface area contributed by atoms with Crippen molar-refractivity contribution in [2.75, 3.05) is 7.11 Å². The first-order valence-corrected chi connectivity index (χ1v) is 4.30. The Bertz CT molecular complexity index is 330. The van der Waals surface area contributed by atoms with E-state index in [0.717, 1.165) is 5.56 Å². The van der Waals surface area contributed by atoms with Gasteiger partial charge in [-0.2, -0.15) is 0 Å². The molecular weight excluding hydrogens is 178 g/mol. The van der Waals surface area contributed by atoms with Gasteiger partial charge in [0.15, 0.2) is 0 Å². The molecule has 1 rings (SSSR count). The fraction of sp³-hybridized carbons (Fsp3) is 0.182.